The van der Waals surface area contributed by atoms with E-state index in [0.29, 0.717) is 12.7 Å². The van der Waals surface area contributed by atoms with Crippen LogP contribution in [0.1, 0.15) is 39.3 Å². The molecule has 2 aliphatic rings. The maximum absolute atomic E-state index is 14.7. The molecule has 1 heterocycles. The second kappa shape index (κ2) is 10.6. The van der Waals surface area contributed by atoms with Gasteiger partial charge in [-0.1, -0.05) is 34.6 Å². The summed E-state index contributed by atoms with van der Waals surface area (Å²) in [5.74, 6) is 0.794. The predicted molar refractivity (Wildman–Crippen MR) is 129 cm³/mol. The molecule has 1 fully saturated rings. The summed E-state index contributed by atoms with van der Waals surface area (Å²) >= 11 is 6.24. The predicted octanol–water partition coefficient (Wildman–Crippen LogP) is 7.46. The molecule has 174 valence electrons. The van der Waals surface area contributed by atoms with E-state index in [1.165, 1.54) is 17.8 Å². The van der Waals surface area contributed by atoms with E-state index in [4.69, 9.17) is 4.74 Å². The van der Waals surface area contributed by atoms with E-state index >= 15 is 0 Å². The van der Waals surface area contributed by atoms with Gasteiger partial charge in [0.15, 0.2) is 17.5 Å². The van der Waals surface area contributed by atoms with Crippen LogP contribution >= 0.6 is 51.8 Å². The molecule has 3 rings (SSSR count). The van der Waals surface area contributed by atoms with E-state index in [1.807, 2.05) is 6.26 Å². The third-order valence-electron chi connectivity index (χ3n) is 5.08. The number of thioether (sulfide) groups is 2. The smallest absolute Gasteiger partial charge is 0.428 e. The summed E-state index contributed by atoms with van der Waals surface area (Å²) in [6.07, 6.45) is 1.18. The zero-order valence-corrected chi connectivity index (χ0v) is 22.2. The van der Waals surface area contributed by atoms with Gasteiger partial charge >= 0.3 is 6.09 Å². The van der Waals surface area contributed by atoms with Crippen molar-refractivity contribution in [3.8, 4) is 0 Å². The molecule has 0 bridgehead atoms. The molecule has 0 spiro atoms. The van der Waals surface area contributed by atoms with Crippen molar-refractivity contribution in [3.63, 3.8) is 0 Å². The Kier molecular flexibility index (Phi) is 9.15. The highest BCUT2D eigenvalue weighted by Crippen LogP contribution is 2.69. The number of fused-ring (bicyclic) bond motifs is 1. The Morgan fingerprint density at radius 2 is 2.03 bits per heavy atom. The molecule has 1 aliphatic heterocycles. The monoisotopic (exact) mass is 558 g/mol. The van der Waals surface area contributed by atoms with Gasteiger partial charge in [0, 0.05) is 26.5 Å². The first-order valence-corrected chi connectivity index (χ1v) is 13.1. The fraction of sp³-hybridized carbons (Fsp3) is 0.600. The highest BCUT2D eigenvalue weighted by atomic mass is 79.9. The summed E-state index contributed by atoms with van der Waals surface area (Å²) in [6.45, 7) is 7.26. The van der Waals surface area contributed by atoms with Crippen LogP contribution in [0, 0.1) is 17.7 Å². The van der Waals surface area contributed by atoms with Crippen LogP contribution in [0.25, 0.3) is 0 Å². The van der Waals surface area contributed by atoms with Crippen LogP contribution < -0.4 is 0 Å². The number of nitrogens with zero attached hydrogens (tertiary/aromatic N) is 2. The van der Waals surface area contributed by atoms with E-state index in [0.717, 1.165) is 14.5 Å². The number of alkyl halides is 1. The molecule has 11 heteroatoms. The van der Waals surface area contributed by atoms with Crippen molar-refractivity contribution >= 4 is 63.0 Å². The zero-order valence-electron chi connectivity index (χ0n) is 18.1. The lowest BCUT2D eigenvalue weighted by Gasteiger charge is -2.31. The van der Waals surface area contributed by atoms with Crippen LogP contribution in [-0.4, -0.2) is 45.1 Å². The number of rotatable bonds is 4. The Morgan fingerprint density at radius 1 is 1.39 bits per heavy atom. The molecule has 1 amide bonds. The van der Waals surface area contributed by atoms with Gasteiger partial charge in [-0.15, -0.1) is 3.89 Å². The molecule has 1 saturated carbocycles. The SMILES string of the molecule is CF.CSC[C@@]12SC(N(SF)C(=O)OC(C)(C)C)=NC(c3cc(Br)ccc3F)C1C2C. The van der Waals surface area contributed by atoms with Gasteiger partial charge < -0.3 is 4.74 Å². The fourth-order valence-corrected chi connectivity index (χ4v) is 7.42. The summed E-state index contributed by atoms with van der Waals surface area (Å²) in [5.41, 5.74) is -0.322. The number of carbonyl (C=O) groups excluding carboxylic acids is 1. The Labute approximate surface area is 203 Å². The molecule has 3 unspecified atom stereocenters. The molecular weight excluding hydrogens is 533 g/mol. The largest absolute Gasteiger partial charge is 0.443 e. The van der Waals surface area contributed by atoms with Crippen molar-refractivity contribution in [2.45, 2.75) is 44.1 Å². The number of benzene rings is 1. The van der Waals surface area contributed by atoms with E-state index in [2.05, 4.69) is 27.8 Å². The minimum absolute atomic E-state index is 0.109. The molecule has 1 aromatic rings. The molecule has 1 aromatic carbocycles. The third-order valence-corrected chi connectivity index (χ3v) is 8.74. The Balaban J connectivity index is 0.00000166. The number of hydrogen-bond acceptors (Lipinski definition) is 6. The van der Waals surface area contributed by atoms with Crippen molar-refractivity contribution in [2.75, 3.05) is 19.2 Å². The molecule has 31 heavy (non-hydrogen) atoms. The maximum Gasteiger partial charge on any atom is 0.428 e. The van der Waals surface area contributed by atoms with Crippen molar-refractivity contribution < 1.29 is 22.2 Å². The summed E-state index contributed by atoms with van der Waals surface area (Å²) in [7, 11) is 0.500. The lowest BCUT2D eigenvalue weighted by Crippen LogP contribution is -2.38. The van der Waals surface area contributed by atoms with Crippen molar-refractivity contribution in [3.05, 3.63) is 34.1 Å². The average molecular weight is 560 g/mol. The molecular formula is C20H26BrF3N2O2S3. The highest BCUT2D eigenvalue weighted by Gasteiger charge is 2.68. The number of amidine groups is 1. The van der Waals surface area contributed by atoms with E-state index in [-0.39, 0.29) is 39.9 Å². The van der Waals surface area contributed by atoms with Crippen molar-refractivity contribution in [1.29, 1.82) is 0 Å². The van der Waals surface area contributed by atoms with Gasteiger partial charge in [0.1, 0.15) is 11.4 Å². The van der Waals surface area contributed by atoms with E-state index in [1.54, 1.807) is 44.7 Å². The minimum Gasteiger partial charge on any atom is -0.443 e. The lowest BCUT2D eigenvalue weighted by molar-refractivity contribution is 0.0473. The van der Waals surface area contributed by atoms with E-state index in [9.17, 15) is 17.5 Å². The second-order valence-electron chi connectivity index (χ2n) is 8.17. The van der Waals surface area contributed by atoms with Crippen LogP contribution in [0.4, 0.5) is 17.5 Å². The number of ether oxygens (including phenoxy) is 1. The zero-order chi connectivity index (χ0) is 23.6. The van der Waals surface area contributed by atoms with Crippen molar-refractivity contribution in [1.82, 2.24) is 4.31 Å². The van der Waals surface area contributed by atoms with Gasteiger partial charge in [-0.25, -0.2) is 9.18 Å². The minimum atomic E-state index is -0.823. The topological polar surface area (TPSA) is 41.9 Å². The molecule has 0 N–H and O–H groups in total. The van der Waals surface area contributed by atoms with Gasteiger partial charge in [-0.3, -0.25) is 9.38 Å². The number of hydrogen-bond donors (Lipinski definition) is 0. The van der Waals surface area contributed by atoms with Gasteiger partial charge in [0.2, 0.25) is 0 Å². The van der Waals surface area contributed by atoms with Gasteiger partial charge in [-0.05, 0) is 51.1 Å². The van der Waals surface area contributed by atoms with E-state index < -0.39 is 17.7 Å². The number of carbonyl (C=O) groups is 1. The van der Waals surface area contributed by atoms with Crippen LogP contribution in [0.3, 0.4) is 0 Å². The van der Waals surface area contributed by atoms with Gasteiger partial charge in [0.05, 0.1) is 13.2 Å². The standard InChI is InChI=1S/C19H23BrF2N2O2S3.CH3F/c1-10-14-15(12-8-11(20)6-7-13(12)21)23-16(28-19(10,14)9-27-5)24(29-22)17(25)26-18(2,3)4;1-2/h6-8,10,14-15H,9H2,1-5H3;1H3/t10?,14?,15?,19-;/m0./s1. The average Bonchev–Trinajstić information content (AvgIpc) is 3.28. The first-order valence-electron chi connectivity index (χ1n) is 9.44. The number of halogens is 4. The molecule has 4 atom stereocenters. The van der Waals surface area contributed by atoms with Gasteiger partial charge in [0.25, 0.3) is 0 Å². The Hall–Kier alpha value is -0.520. The van der Waals surface area contributed by atoms with Crippen LogP contribution in [-0.2, 0) is 4.74 Å². The van der Waals surface area contributed by atoms with Gasteiger partial charge in [-0.2, -0.15) is 16.1 Å². The molecule has 0 saturated heterocycles. The quantitative estimate of drug-likeness (QED) is 0.359. The van der Waals surface area contributed by atoms with Crippen LogP contribution in [0.15, 0.2) is 27.7 Å². The summed E-state index contributed by atoms with van der Waals surface area (Å²) in [6, 6.07) is 4.25. The van der Waals surface area contributed by atoms with Crippen LogP contribution in [0.2, 0.25) is 0 Å². The molecule has 0 radical (unpaired) electrons. The normalized spacial score (nSPS) is 26.8. The molecule has 4 nitrogen and oxygen atoms in total. The van der Waals surface area contributed by atoms with Crippen molar-refractivity contribution in [2.24, 2.45) is 16.8 Å². The lowest BCUT2D eigenvalue weighted by atomic mass is 10.00. The third kappa shape index (κ3) is 5.70. The maximum atomic E-state index is 14.7. The Morgan fingerprint density at radius 3 is 2.58 bits per heavy atom. The fourth-order valence-electron chi connectivity index (χ4n) is 3.75. The number of aliphatic imine (C=N–C) groups is 1. The second-order valence-corrected chi connectivity index (χ2v) is 11.8. The first kappa shape index (κ1) is 26.7. The molecule has 1 aliphatic carbocycles. The van der Waals surface area contributed by atoms with Crippen LogP contribution in [0.5, 0.6) is 0 Å². The summed E-state index contributed by atoms with van der Waals surface area (Å²) in [5, 5.41) is 0.214. The highest BCUT2D eigenvalue weighted by molar-refractivity contribution is 9.10. The first-order chi connectivity index (χ1) is 14.5. The summed E-state index contributed by atoms with van der Waals surface area (Å²) in [4.78, 5) is 17.2. The molecule has 0 aromatic heterocycles. The summed E-state index contributed by atoms with van der Waals surface area (Å²) < 4.78 is 44.7. The Bertz CT molecular complexity index is 840. The number of amides is 1.